The molecule has 1 fully saturated rings. The summed E-state index contributed by atoms with van der Waals surface area (Å²) in [6.07, 6.45) is -3.74. The minimum absolute atomic E-state index is 0.129. The average molecular weight is 490 g/mol. The minimum atomic E-state index is -4.81. The normalized spacial score (nSPS) is 14.0. The molecule has 0 saturated carbocycles. The second kappa shape index (κ2) is 8.48. The van der Waals surface area contributed by atoms with Crippen molar-refractivity contribution in [3.63, 3.8) is 0 Å². The summed E-state index contributed by atoms with van der Waals surface area (Å²) in [5.74, 6) is -2.80. The van der Waals surface area contributed by atoms with Gasteiger partial charge in [0.25, 0.3) is 11.8 Å². The van der Waals surface area contributed by atoms with E-state index in [4.69, 9.17) is 27.9 Å². The molecular formula is C18H8Cl2F3N3O6. The number of nitrogens with zero attached hydrogens (tertiary/aromatic N) is 1. The predicted octanol–water partition coefficient (Wildman–Crippen LogP) is 4.46. The van der Waals surface area contributed by atoms with E-state index in [-0.39, 0.29) is 21.4 Å². The van der Waals surface area contributed by atoms with E-state index in [2.05, 4.69) is 0 Å². The standard InChI is InChI=1S/C18H8Cl2F3N3O6/c19-10-4-7(3-9-15(27)24-17(29)25-16(9)28)5-11(20)14(10)32-13-2-1-8(18(21,22)23)6-12(13)26(30)31/h1-6H,(H2,24,25,27,28,29). The quantitative estimate of drug-likeness (QED) is 0.282. The molecule has 2 aromatic carbocycles. The van der Waals surface area contributed by atoms with Crippen molar-refractivity contribution in [1.29, 1.82) is 0 Å². The van der Waals surface area contributed by atoms with E-state index in [0.717, 1.165) is 12.1 Å². The Hall–Kier alpha value is -3.64. The third-order valence-electron chi connectivity index (χ3n) is 3.97. The van der Waals surface area contributed by atoms with Crippen molar-refractivity contribution in [2.75, 3.05) is 0 Å². The van der Waals surface area contributed by atoms with Crippen LogP contribution in [0.1, 0.15) is 11.1 Å². The van der Waals surface area contributed by atoms with Crippen LogP contribution in [0.4, 0.5) is 23.7 Å². The number of rotatable bonds is 4. The lowest BCUT2D eigenvalue weighted by Gasteiger charge is -2.15. The second-order valence-electron chi connectivity index (χ2n) is 6.15. The molecule has 1 saturated heterocycles. The van der Waals surface area contributed by atoms with Crippen LogP contribution in [0.15, 0.2) is 35.9 Å². The zero-order valence-corrected chi connectivity index (χ0v) is 16.8. The lowest BCUT2D eigenvalue weighted by Crippen LogP contribution is -2.51. The highest BCUT2D eigenvalue weighted by atomic mass is 35.5. The van der Waals surface area contributed by atoms with E-state index in [1.165, 1.54) is 12.1 Å². The number of amides is 4. The Morgan fingerprint density at radius 1 is 1.00 bits per heavy atom. The molecular weight excluding hydrogens is 482 g/mol. The van der Waals surface area contributed by atoms with Crippen LogP contribution in [0.25, 0.3) is 6.08 Å². The van der Waals surface area contributed by atoms with Gasteiger partial charge in [-0.3, -0.25) is 30.3 Å². The first-order valence-corrected chi connectivity index (χ1v) is 9.03. The third-order valence-corrected chi connectivity index (χ3v) is 4.53. The minimum Gasteiger partial charge on any atom is -0.447 e. The van der Waals surface area contributed by atoms with Gasteiger partial charge in [0.2, 0.25) is 5.75 Å². The Kier molecular flexibility index (Phi) is 6.10. The summed E-state index contributed by atoms with van der Waals surface area (Å²) < 4.78 is 43.8. The van der Waals surface area contributed by atoms with E-state index in [9.17, 15) is 37.7 Å². The first kappa shape index (κ1) is 23.0. The Morgan fingerprint density at radius 3 is 2.06 bits per heavy atom. The molecule has 0 aliphatic carbocycles. The van der Waals surface area contributed by atoms with Crippen LogP contribution < -0.4 is 15.4 Å². The number of urea groups is 1. The van der Waals surface area contributed by atoms with Gasteiger partial charge in [-0.05, 0) is 35.9 Å². The Morgan fingerprint density at radius 2 is 1.56 bits per heavy atom. The molecule has 32 heavy (non-hydrogen) atoms. The predicted molar refractivity (Wildman–Crippen MR) is 104 cm³/mol. The van der Waals surface area contributed by atoms with Gasteiger partial charge in [-0.25, -0.2) is 4.79 Å². The van der Waals surface area contributed by atoms with Gasteiger partial charge < -0.3 is 4.74 Å². The number of ether oxygens (including phenoxy) is 1. The fourth-order valence-corrected chi connectivity index (χ4v) is 3.15. The highest BCUT2D eigenvalue weighted by Gasteiger charge is 2.34. The van der Waals surface area contributed by atoms with Crippen LogP contribution in [-0.4, -0.2) is 22.8 Å². The summed E-state index contributed by atoms with van der Waals surface area (Å²) in [6, 6.07) is 3.01. The fourth-order valence-electron chi connectivity index (χ4n) is 2.57. The van der Waals surface area contributed by atoms with Crippen LogP contribution in [0.5, 0.6) is 11.5 Å². The Balaban J connectivity index is 1.97. The number of nitro groups is 1. The monoisotopic (exact) mass is 489 g/mol. The number of carbonyl (C=O) groups is 3. The molecule has 1 aliphatic heterocycles. The number of nitrogens with one attached hydrogen (secondary N) is 2. The van der Waals surface area contributed by atoms with Crippen molar-refractivity contribution < 1.29 is 37.2 Å². The number of carbonyl (C=O) groups excluding carboxylic acids is 3. The van der Waals surface area contributed by atoms with Crippen molar-refractivity contribution in [1.82, 2.24) is 10.6 Å². The summed E-state index contributed by atoms with van der Waals surface area (Å²) in [7, 11) is 0. The summed E-state index contributed by atoms with van der Waals surface area (Å²) in [4.78, 5) is 44.8. The van der Waals surface area contributed by atoms with E-state index >= 15 is 0 Å². The van der Waals surface area contributed by atoms with Crippen LogP contribution in [0.3, 0.4) is 0 Å². The van der Waals surface area contributed by atoms with Gasteiger partial charge in [-0.15, -0.1) is 0 Å². The molecule has 0 atom stereocenters. The number of imide groups is 2. The Bertz CT molecular complexity index is 1170. The van der Waals surface area contributed by atoms with Gasteiger partial charge in [0.1, 0.15) is 5.57 Å². The fraction of sp³-hybridized carbons (Fsp3) is 0.0556. The molecule has 2 aromatic rings. The van der Waals surface area contributed by atoms with E-state index < -0.39 is 51.5 Å². The SMILES string of the molecule is O=C1NC(=O)C(=Cc2cc(Cl)c(Oc3ccc(C(F)(F)F)cc3[N+](=O)[O-])c(Cl)c2)C(=O)N1. The lowest BCUT2D eigenvalue weighted by molar-refractivity contribution is -0.385. The summed E-state index contributed by atoms with van der Waals surface area (Å²) in [5.41, 5.74) is -2.52. The number of barbiturate groups is 1. The van der Waals surface area contributed by atoms with Crippen LogP contribution in [-0.2, 0) is 15.8 Å². The zero-order valence-electron chi connectivity index (χ0n) is 15.3. The summed E-state index contributed by atoms with van der Waals surface area (Å²) in [6.45, 7) is 0. The topological polar surface area (TPSA) is 128 Å². The van der Waals surface area contributed by atoms with E-state index in [1.807, 2.05) is 10.6 Å². The van der Waals surface area contributed by atoms with Crippen molar-refractivity contribution >= 4 is 52.8 Å². The highest BCUT2D eigenvalue weighted by molar-refractivity contribution is 6.37. The first-order valence-electron chi connectivity index (χ1n) is 8.27. The molecule has 14 heteroatoms. The molecule has 0 aromatic heterocycles. The number of benzene rings is 2. The number of nitro benzene ring substituents is 1. The molecule has 3 rings (SSSR count). The summed E-state index contributed by atoms with van der Waals surface area (Å²) >= 11 is 12.2. The average Bonchev–Trinajstić information content (AvgIpc) is 2.66. The molecule has 166 valence electrons. The molecule has 9 nitrogen and oxygen atoms in total. The van der Waals surface area contributed by atoms with E-state index in [0.29, 0.717) is 12.1 Å². The van der Waals surface area contributed by atoms with Crippen molar-refractivity contribution in [2.45, 2.75) is 6.18 Å². The molecule has 0 radical (unpaired) electrons. The number of halogens is 5. The van der Waals surface area contributed by atoms with Crippen molar-refractivity contribution in [3.8, 4) is 11.5 Å². The van der Waals surface area contributed by atoms with Gasteiger partial charge in [-0.1, -0.05) is 23.2 Å². The van der Waals surface area contributed by atoms with Crippen molar-refractivity contribution in [2.24, 2.45) is 0 Å². The van der Waals surface area contributed by atoms with E-state index in [1.54, 1.807) is 0 Å². The molecule has 0 unspecified atom stereocenters. The van der Waals surface area contributed by atoms with Crippen LogP contribution in [0.2, 0.25) is 10.0 Å². The molecule has 0 bridgehead atoms. The molecule has 4 amide bonds. The van der Waals surface area contributed by atoms with Crippen molar-refractivity contribution in [3.05, 3.63) is 67.2 Å². The molecule has 1 aliphatic rings. The number of hydrogen-bond acceptors (Lipinski definition) is 6. The third kappa shape index (κ3) is 4.81. The van der Waals surface area contributed by atoms with Gasteiger partial charge >= 0.3 is 17.9 Å². The maximum Gasteiger partial charge on any atom is 0.416 e. The second-order valence-corrected chi connectivity index (χ2v) is 6.96. The number of hydrogen-bond donors (Lipinski definition) is 2. The maximum atomic E-state index is 12.8. The number of alkyl halides is 3. The van der Waals surface area contributed by atoms with Gasteiger partial charge in [0, 0.05) is 6.07 Å². The van der Waals surface area contributed by atoms with Gasteiger partial charge in [0.05, 0.1) is 20.5 Å². The Labute approximate surface area is 185 Å². The smallest absolute Gasteiger partial charge is 0.416 e. The van der Waals surface area contributed by atoms with Crippen LogP contribution >= 0.6 is 23.2 Å². The first-order chi connectivity index (χ1) is 14.9. The zero-order chi connectivity index (χ0) is 23.8. The van der Waals surface area contributed by atoms with Gasteiger partial charge in [0.15, 0.2) is 5.75 Å². The molecule has 1 heterocycles. The lowest BCUT2D eigenvalue weighted by atomic mass is 10.1. The highest BCUT2D eigenvalue weighted by Crippen LogP contribution is 2.42. The van der Waals surface area contributed by atoms with Gasteiger partial charge in [-0.2, -0.15) is 13.2 Å². The summed E-state index contributed by atoms with van der Waals surface area (Å²) in [5, 5.41) is 14.5. The molecule has 0 spiro atoms. The molecule has 2 N–H and O–H groups in total. The van der Waals surface area contributed by atoms with Crippen LogP contribution in [0, 0.1) is 10.1 Å². The maximum absolute atomic E-state index is 12.8. The largest absolute Gasteiger partial charge is 0.447 e.